The van der Waals surface area contributed by atoms with Crippen LogP contribution in [0.2, 0.25) is 10.0 Å². The summed E-state index contributed by atoms with van der Waals surface area (Å²) in [5.74, 6) is 0.812. The molecule has 0 aliphatic carbocycles. The van der Waals surface area contributed by atoms with Crippen LogP contribution in [0, 0.1) is 0 Å². The third-order valence-electron chi connectivity index (χ3n) is 7.11. The molecule has 3 N–H and O–H groups in total. The second-order valence-electron chi connectivity index (χ2n) is 11.6. The normalized spacial score (nSPS) is 13.0. The van der Waals surface area contributed by atoms with Crippen molar-refractivity contribution in [3.63, 3.8) is 0 Å². The number of para-hydroxylation sites is 1. The number of hydrogen-bond acceptors (Lipinski definition) is 9. The maximum Gasteiger partial charge on any atom is 0.404 e. The van der Waals surface area contributed by atoms with Gasteiger partial charge in [-0.25, -0.2) is 14.9 Å². The Morgan fingerprint density at radius 1 is 0.980 bits per heavy atom. The van der Waals surface area contributed by atoms with Crippen molar-refractivity contribution in [2.24, 2.45) is 5.73 Å². The van der Waals surface area contributed by atoms with Crippen molar-refractivity contribution in [3.05, 3.63) is 99.9 Å². The number of halogens is 2. The number of amides is 1. The van der Waals surface area contributed by atoms with E-state index < -0.39 is 25.6 Å². The topological polar surface area (TPSA) is 144 Å². The van der Waals surface area contributed by atoms with Gasteiger partial charge < -0.3 is 29.0 Å². The summed E-state index contributed by atoms with van der Waals surface area (Å²) in [5.41, 5.74) is 6.97. The van der Waals surface area contributed by atoms with E-state index in [0.29, 0.717) is 33.9 Å². The third-order valence-corrected chi connectivity index (χ3v) is 10.4. The minimum Gasteiger partial charge on any atom is -0.481 e. The van der Waals surface area contributed by atoms with E-state index in [2.05, 4.69) is 5.09 Å². The van der Waals surface area contributed by atoms with Crippen LogP contribution in [0.5, 0.6) is 11.5 Å². The van der Waals surface area contributed by atoms with Crippen LogP contribution in [0.25, 0.3) is 0 Å². The van der Waals surface area contributed by atoms with Crippen LogP contribution in [0.3, 0.4) is 0 Å². The smallest absolute Gasteiger partial charge is 0.404 e. The molecule has 1 heterocycles. The summed E-state index contributed by atoms with van der Waals surface area (Å²) < 4.78 is 38.2. The van der Waals surface area contributed by atoms with Gasteiger partial charge in [0.2, 0.25) is 0 Å². The molecule has 0 aliphatic rings. The predicted octanol–water partition coefficient (Wildman–Crippen LogP) is 9.04. The molecule has 0 saturated carbocycles. The van der Waals surface area contributed by atoms with Crippen molar-refractivity contribution >= 4 is 54.5 Å². The van der Waals surface area contributed by atoms with E-state index in [1.807, 2.05) is 55.7 Å². The van der Waals surface area contributed by atoms with E-state index in [9.17, 15) is 14.2 Å². The Morgan fingerprint density at radius 2 is 1.66 bits per heavy atom. The number of aromatic nitrogens is 2. The van der Waals surface area contributed by atoms with Gasteiger partial charge in [0, 0.05) is 21.5 Å². The zero-order valence-electron chi connectivity index (χ0n) is 28.3. The molecule has 2 atom stereocenters. The molecule has 4 rings (SSSR count). The lowest BCUT2D eigenvalue weighted by atomic mass is 10.1. The number of carbonyl (C=O) groups is 2. The first-order valence-corrected chi connectivity index (χ1v) is 19.4. The van der Waals surface area contributed by atoms with Gasteiger partial charge in [0.1, 0.15) is 28.4 Å². The molecular formula is C35H41Cl2N4O7PS. The summed E-state index contributed by atoms with van der Waals surface area (Å²) in [4.78, 5) is 29.7. The maximum atomic E-state index is 14.0. The average Bonchev–Trinajstić information content (AvgIpc) is 3.40. The van der Waals surface area contributed by atoms with Crippen LogP contribution < -0.4 is 20.1 Å². The van der Waals surface area contributed by atoms with E-state index >= 15 is 0 Å². The number of hydrogen-bond donors (Lipinski definition) is 2. The van der Waals surface area contributed by atoms with E-state index in [1.165, 1.54) is 11.8 Å². The van der Waals surface area contributed by atoms with Crippen LogP contribution in [-0.4, -0.2) is 40.6 Å². The Morgan fingerprint density at radius 3 is 2.28 bits per heavy atom. The summed E-state index contributed by atoms with van der Waals surface area (Å²) in [6.07, 6.45) is 0.343. The number of nitrogens with zero attached hydrogens (tertiary/aromatic N) is 2. The van der Waals surface area contributed by atoms with Crippen molar-refractivity contribution in [2.45, 2.75) is 75.6 Å². The van der Waals surface area contributed by atoms with Crippen molar-refractivity contribution in [1.82, 2.24) is 14.6 Å². The molecule has 0 saturated heterocycles. The number of nitrogens with two attached hydrogens (primary N) is 1. The second kappa shape index (κ2) is 18.5. The molecule has 11 nitrogen and oxygen atoms in total. The average molecular weight is 764 g/mol. The molecule has 50 heavy (non-hydrogen) atoms. The number of ether oxygens (including phenoxy) is 3. The van der Waals surface area contributed by atoms with Crippen molar-refractivity contribution < 1.29 is 32.9 Å². The summed E-state index contributed by atoms with van der Waals surface area (Å²) in [7, 11) is -3.76. The van der Waals surface area contributed by atoms with Crippen LogP contribution in [0.15, 0.2) is 82.7 Å². The third kappa shape index (κ3) is 11.7. The summed E-state index contributed by atoms with van der Waals surface area (Å²) in [6, 6.07) is 20.3. The van der Waals surface area contributed by atoms with E-state index in [1.54, 1.807) is 49.4 Å². The molecule has 4 aromatic rings. The summed E-state index contributed by atoms with van der Waals surface area (Å²) in [5, 5.41) is 4.64. The predicted molar refractivity (Wildman–Crippen MR) is 195 cm³/mol. The van der Waals surface area contributed by atoms with Gasteiger partial charge >= 0.3 is 19.6 Å². The van der Waals surface area contributed by atoms with Gasteiger partial charge in [-0.1, -0.05) is 92.5 Å². The monoisotopic (exact) mass is 762 g/mol. The molecule has 0 radical (unpaired) electrons. The highest BCUT2D eigenvalue weighted by Crippen LogP contribution is 2.44. The molecule has 268 valence electrons. The molecule has 3 aromatic carbocycles. The van der Waals surface area contributed by atoms with Crippen LogP contribution in [0.1, 0.15) is 63.5 Å². The van der Waals surface area contributed by atoms with Crippen molar-refractivity contribution in [1.29, 1.82) is 0 Å². The lowest BCUT2D eigenvalue weighted by Gasteiger charge is -2.23. The number of carbonyl (C=O) groups excluding carboxylic acids is 2. The zero-order chi connectivity index (χ0) is 36.3. The number of benzene rings is 3. The maximum absolute atomic E-state index is 14.0. The number of esters is 1. The van der Waals surface area contributed by atoms with Gasteiger partial charge in [0.25, 0.3) is 0 Å². The van der Waals surface area contributed by atoms with Gasteiger partial charge in [0.05, 0.1) is 12.3 Å². The molecule has 1 unspecified atom stereocenters. The number of rotatable bonds is 18. The largest absolute Gasteiger partial charge is 0.481 e. The number of primary amides is 1. The highest BCUT2D eigenvalue weighted by Gasteiger charge is 2.32. The quantitative estimate of drug-likeness (QED) is 0.0572. The Hall–Kier alpha value is -3.67. The van der Waals surface area contributed by atoms with Crippen molar-refractivity contribution in [2.75, 3.05) is 13.0 Å². The number of imidazole rings is 1. The Balaban J connectivity index is 1.55. The number of nitrogens with one attached hydrogen (secondary N) is 1. The first-order valence-electron chi connectivity index (χ1n) is 16.0. The Kier molecular flexibility index (Phi) is 14.5. The molecule has 0 fully saturated rings. The number of unbranched alkanes of at least 4 members (excludes halogenated alkanes) is 1. The minimum absolute atomic E-state index is 0.0415. The molecule has 0 bridgehead atoms. The molecule has 0 spiro atoms. The molecule has 0 aliphatic heterocycles. The fourth-order valence-electron chi connectivity index (χ4n) is 4.66. The molecule has 15 heteroatoms. The lowest BCUT2D eigenvalue weighted by Crippen LogP contribution is -2.36. The summed E-state index contributed by atoms with van der Waals surface area (Å²) >= 11 is 14.0. The highest BCUT2D eigenvalue weighted by molar-refractivity contribution is 7.99. The Labute approximate surface area is 306 Å². The lowest BCUT2D eigenvalue weighted by molar-refractivity contribution is -0.145. The van der Waals surface area contributed by atoms with Crippen LogP contribution >= 0.6 is 42.5 Å². The van der Waals surface area contributed by atoms with Crippen LogP contribution in [0.4, 0.5) is 4.79 Å². The fraction of sp³-hybridized carbons (Fsp3) is 0.343. The minimum atomic E-state index is -3.76. The Bertz CT molecular complexity index is 1770. The first kappa shape index (κ1) is 39.1. The standard InChI is InChI=1S/C35H41Cl2N4O7PS/c1-5-6-16-45-34(42)24(4)40-49(44,48-29-10-8-7-9-11-29)22-47-28-14-12-25(13-15-28)20-41-31(21-46-35(38)43)39-32(23(2)3)33(41)50-30-18-26(36)17-27(37)19-30/h7-15,17-19,23-24H,5-6,16,20-22H2,1-4H3,(H2,38,43)(H,40,44)/t24-,49?/m0/s1. The molecule has 1 aromatic heterocycles. The van der Waals surface area contributed by atoms with Gasteiger partial charge in [-0.15, -0.1) is 0 Å². The van der Waals surface area contributed by atoms with E-state index in [4.69, 9.17) is 52.7 Å². The van der Waals surface area contributed by atoms with Gasteiger partial charge in [-0.05, 0) is 67.3 Å². The second-order valence-corrected chi connectivity index (χ2v) is 15.6. The highest BCUT2D eigenvalue weighted by atomic mass is 35.5. The fourth-order valence-corrected chi connectivity index (χ4v) is 8.23. The van der Waals surface area contributed by atoms with E-state index in [-0.39, 0.29) is 25.5 Å². The van der Waals surface area contributed by atoms with Crippen molar-refractivity contribution in [3.8, 4) is 11.5 Å². The molecule has 1 amide bonds. The van der Waals surface area contributed by atoms with Gasteiger partial charge in [-0.2, -0.15) is 0 Å². The summed E-state index contributed by atoms with van der Waals surface area (Å²) in [6.45, 7) is 8.14. The van der Waals surface area contributed by atoms with Gasteiger partial charge in [-0.3, -0.25) is 9.36 Å². The van der Waals surface area contributed by atoms with E-state index in [0.717, 1.165) is 34.0 Å². The SMILES string of the molecule is CCCCOC(=O)[C@H](C)NP(=O)(COc1ccc(Cn2c(COC(N)=O)nc(C(C)C)c2Sc2cc(Cl)cc(Cl)c2)cc1)Oc1ccccc1. The zero-order valence-corrected chi connectivity index (χ0v) is 31.5. The first-order chi connectivity index (χ1) is 23.9. The molecular weight excluding hydrogens is 722 g/mol. The van der Waals surface area contributed by atoms with Crippen LogP contribution in [-0.2, 0) is 32.0 Å². The van der Waals surface area contributed by atoms with Gasteiger partial charge in [0.15, 0.2) is 13.0 Å².